The number of fused-ring (bicyclic) bond motifs is 1. The molecular formula is C21H31ClN4O3. The molecule has 29 heavy (non-hydrogen) atoms. The van der Waals surface area contributed by atoms with Crippen LogP contribution in [0.15, 0.2) is 23.0 Å². The summed E-state index contributed by atoms with van der Waals surface area (Å²) in [6.45, 7) is 0.775. The highest BCUT2D eigenvalue weighted by atomic mass is 35.5. The molecule has 1 unspecified atom stereocenters. The first-order chi connectivity index (χ1) is 13.5. The summed E-state index contributed by atoms with van der Waals surface area (Å²) >= 11 is 0. The van der Waals surface area contributed by atoms with Gasteiger partial charge in [-0.15, -0.1) is 12.4 Å². The van der Waals surface area contributed by atoms with E-state index in [0.29, 0.717) is 6.42 Å². The summed E-state index contributed by atoms with van der Waals surface area (Å²) in [4.78, 5) is 36.4. The van der Waals surface area contributed by atoms with Gasteiger partial charge in [0.2, 0.25) is 11.8 Å². The van der Waals surface area contributed by atoms with E-state index >= 15 is 0 Å². The number of amides is 2. The average molecular weight is 423 g/mol. The fourth-order valence-electron chi connectivity index (χ4n) is 3.97. The second-order valence-corrected chi connectivity index (χ2v) is 7.66. The Labute approximate surface area is 177 Å². The van der Waals surface area contributed by atoms with E-state index in [1.807, 2.05) is 18.2 Å². The van der Waals surface area contributed by atoms with Gasteiger partial charge in [-0.25, -0.2) is 4.79 Å². The van der Waals surface area contributed by atoms with Gasteiger partial charge >= 0.3 is 5.69 Å². The van der Waals surface area contributed by atoms with Crippen molar-refractivity contribution in [2.24, 2.45) is 12.8 Å². The van der Waals surface area contributed by atoms with E-state index in [2.05, 4.69) is 5.32 Å². The number of nitrogens with zero attached hydrogens (tertiary/aromatic N) is 2. The minimum atomic E-state index is -0.631. The number of benzene rings is 1. The normalized spacial score (nSPS) is 16.7. The number of imidazole rings is 1. The van der Waals surface area contributed by atoms with Gasteiger partial charge in [-0.05, 0) is 49.9 Å². The largest absolute Gasteiger partial charge is 0.330 e. The molecule has 3 N–H and O–H groups in total. The molecule has 0 spiro atoms. The lowest BCUT2D eigenvalue weighted by Crippen LogP contribution is -2.44. The number of carbonyl (C=O) groups excluding carboxylic acids is 2. The Morgan fingerprint density at radius 1 is 1.03 bits per heavy atom. The van der Waals surface area contributed by atoms with Crippen LogP contribution in [0.4, 0.5) is 0 Å². The molecule has 2 aromatic rings. The molecule has 2 amide bonds. The van der Waals surface area contributed by atoms with Crippen molar-refractivity contribution in [2.45, 2.75) is 63.8 Å². The van der Waals surface area contributed by atoms with Gasteiger partial charge in [0, 0.05) is 13.5 Å². The SMILES string of the molecule is Cl.Cn1c(=O)n(C2CCC(=O)NC2=O)c2ccc(CCCCCCCCN)cc21. The van der Waals surface area contributed by atoms with Crippen molar-refractivity contribution in [1.29, 1.82) is 0 Å². The number of halogens is 1. The molecule has 8 heteroatoms. The van der Waals surface area contributed by atoms with E-state index in [9.17, 15) is 14.4 Å². The molecule has 160 valence electrons. The number of unbranched alkanes of at least 4 members (excludes halogenated alkanes) is 5. The quantitative estimate of drug-likeness (QED) is 0.479. The van der Waals surface area contributed by atoms with E-state index in [1.165, 1.54) is 35.8 Å². The number of piperidine rings is 1. The molecule has 1 fully saturated rings. The highest BCUT2D eigenvalue weighted by Gasteiger charge is 2.31. The molecule has 1 saturated heterocycles. The summed E-state index contributed by atoms with van der Waals surface area (Å²) in [7, 11) is 1.73. The number of nitrogens with one attached hydrogen (secondary N) is 1. The molecule has 1 atom stereocenters. The molecule has 0 radical (unpaired) electrons. The van der Waals surface area contributed by atoms with Crippen molar-refractivity contribution in [2.75, 3.05) is 6.54 Å². The summed E-state index contributed by atoms with van der Waals surface area (Å²) in [6, 6.07) is 5.39. The predicted octanol–water partition coefficient (Wildman–Crippen LogP) is 2.58. The Balaban J connectivity index is 0.00000300. The van der Waals surface area contributed by atoms with Gasteiger partial charge in [-0.2, -0.15) is 0 Å². The number of carbonyl (C=O) groups is 2. The molecule has 7 nitrogen and oxygen atoms in total. The maximum absolute atomic E-state index is 12.8. The Kier molecular flexibility index (Phi) is 8.46. The summed E-state index contributed by atoms with van der Waals surface area (Å²) in [5.74, 6) is -0.676. The number of aromatic nitrogens is 2. The van der Waals surface area contributed by atoms with Crippen LogP contribution in [0.5, 0.6) is 0 Å². The third-order valence-corrected chi connectivity index (χ3v) is 5.60. The van der Waals surface area contributed by atoms with Gasteiger partial charge in [-0.3, -0.25) is 24.0 Å². The minimum absolute atomic E-state index is 0. The molecule has 1 aliphatic rings. The van der Waals surface area contributed by atoms with Crippen molar-refractivity contribution in [3.05, 3.63) is 34.2 Å². The van der Waals surface area contributed by atoms with Crippen LogP contribution in [-0.4, -0.2) is 27.5 Å². The highest BCUT2D eigenvalue weighted by Crippen LogP contribution is 2.24. The van der Waals surface area contributed by atoms with Crippen molar-refractivity contribution in [3.8, 4) is 0 Å². The van der Waals surface area contributed by atoms with Crippen molar-refractivity contribution in [1.82, 2.24) is 14.5 Å². The Hall–Kier alpha value is -2.12. The van der Waals surface area contributed by atoms with Crippen molar-refractivity contribution < 1.29 is 9.59 Å². The number of hydrogen-bond donors (Lipinski definition) is 2. The summed E-state index contributed by atoms with van der Waals surface area (Å²) in [5, 5.41) is 2.34. The molecule has 1 aromatic heterocycles. The molecule has 0 saturated carbocycles. The standard InChI is InChI=1S/C21H30N4O3.ClH/c1-24-18-14-15(8-6-4-2-3-5-7-13-22)9-10-16(18)25(21(24)28)17-11-12-19(26)23-20(17)27;/h9-10,14,17H,2-8,11-13,22H2,1H3,(H,23,26,27);1H. The lowest BCUT2D eigenvalue weighted by molar-refractivity contribution is -0.135. The Morgan fingerprint density at radius 2 is 1.72 bits per heavy atom. The molecule has 0 bridgehead atoms. The number of nitrogens with two attached hydrogens (primary N) is 1. The first kappa shape index (κ1) is 23.2. The topological polar surface area (TPSA) is 99.1 Å². The van der Waals surface area contributed by atoms with Crippen LogP contribution < -0.4 is 16.7 Å². The average Bonchev–Trinajstić information content (AvgIpc) is 2.92. The molecule has 3 rings (SSSR count). The van der Waals surface area contributed by atoms with E-state index in [-0.39, 0.29) is 30.4 Å². The fraction of sp³-hybridized carbons (Fsp3) is 0.571. The summed E-state index contributed by atoms with van der Waals surface area (Å²) in [5.41, 5.74) is 8.06. The van der Waals surface area contributed by atoms with Crippen LogP contribution >= 0.6 is 12.4 Å². The maximum Gasteiger partial charge on any atom is 0.329 e. The molecule has 2 heterocycles. The van der Waals surface area contributed by atoms with E-state index < -0.39 is 11.9 Å². The van der Waals surface area contributed by atoms with Crippen LogP contribution in [0.1, 0.15) is 63.0 Å². The number of rotatable bonds is 9. The molecule has 1 aliphatic heterocycles. The van der Waals surface area contributed by atoms with Crippen LogP contribution in [0.2, 0.25) is 0 Å². The molecule has 1 aromatic carbocycles. The van der Waals surface area contributed by atoms with Crippen LogP contribution in [-0.2, 0) is 23.1 Å². The number of aryl methyl sites for hydroxylation is 2. The van der Waals surface area contributed by atoms with Crippen LogP contribution in [0.3, 0.4) is 0 Å². The zero-order valence-electron chi connectivity index (χ0n) is 17.0. The van der Waals surface area contributed by atoms with Crippen molar-refractivity contribution in [3.63, 3.8) is 0 Å². The van der Waals surface area contributed by atoms with Gasteiger partial charge in [0.15, 0.2) is 0 Å². The van der Waals surface area contributed by atoms with E-state index in [1.54, 1.807) is 11.6 Å². The third kappa shape index (κ3) is 5.28. The lowest BCUT2D eigenvalue weighted by Gasteiger charge is -2.21. The maximum atomic E-state index is 12.8. The second-order valence-electron chi connectivity index (χ2n) is 7.66. The van der Waals surface area contributed by atoms with Crippen LogP contribution in [0, 0.1) is 0 Å². The minimum Gasteiger partial charge on any atom is -0.330 e. The first-order valence-corrected chi connectivity index (χ1v) is 10.3. The Bertz CT molecular complexity index is 919. The van der Waals surface area contributed by atoms with Gasteiger partial charge in [0.25, 0.3) is 0 Å². The fourth-order valence-corrected chi connectivity index (χ4v) is 3.97. The second kappa shape index (κ2) is 10.6. The first-order valence-electron chi connectivity index (χ1n) is 10.3. The summed E-state index contributed by atoms with van der Waals surface area (Å²) < 4.78 is 3.12. The monoisotopic (exact) mass is 422 g/mol. The zero-order valence-corrected chi connectivity index (χ0v) is 17.8. The third-order valence-electron chi connectivity index (χ3n) is 5.60. The smallest absolute Gasteiger partial charge is 0.329 e. The van der Waals surface area contributed by atoms with Gasteiger partial charge in [-0.1, -0.05) is 31.7 Å². The molecular weight excluding hydrogens is 392 g/mol. The number of hydrogen-bond acceptors (Lipinski definition) is 4. The lowest BCUT2D eigenvalue weighted by atomic mass is 10.0. The van der Waals surface area contributed by atoms with Gasteiger partial charge < -0.3 is 5.73 Å². The zero-order chi connectivity index (χ0) is 20.1. The Morgan fingerprint density at radius 3 is 2.41 bits per heavy atom. The summed E-state index contributed by atoms with van der Waals surface area (Å²) in [6.07, 6.45) is 8.68. The van der Waals surface area contributed by atoms with E-state index in [4.69, 9.17) is 5.73 Å². The van der Waals surface area contributed by atoms with E-state index in [0.717, 1.165) is 36.8 Å². The number of imide groups is 1. The highest BCUT2D eigenvalue weighted by molar-refractivity contribution is 6.00. The van der Waals surface area contributed by atoms with Gasteiger partial charge in [0.1, 0.15) is 6.04 Å². The van der Waals surface area contributed by atoms with Gasteiger partial charge in [0.05, 0.1) is 11.0 Å². The predicted molar refractivity (Wildman–Crippen MR) is 116 cm³/mol. The van der Waals surface area contributed by atoms with Crippen molar-refractivity contribution >= 4 is 35.3 Å². The molecule has 0 aliphatic carbocycles. The van der Waals surface area contributed by atoms with Crippen LogP contribution in [0.25, 0.3) is 11.0 Å².